The minimum absolute atomic E-state index is 0.00479. The molecule has 0 aliphatic heterocycles. The molecule has 1 aromatic carbocycles. The smallest absolute Gasteiger partial charge is 0.242 e. The number of aliphatic hydroxyl groups is 1. The number of sulfonamides is 1. The van der Waals surface area contributed by atoms with E-state index in [4.69, 9.17) is 27.6 Å². The lowest BCUT2D eigenvalue weighted by atomic mass is 9.94. The number of halogens is 2. The Bertz CT molecular complexity index is 966. The molecule has 5 nitrogen and oxygen atoms in total. The quantitative estimate of drug-likeness (QED) is 0.613. The van der Waals surface area contributed by atoms with Crippen molar-refractivity contribution in [1.82, 2.24) is 4.72 Å². The molecule has 0 fully saturated rings. The van der Waals surface area contributed by atoms with Crippen LogP contribution < -0.4 is 4.72 Å². The number of hydrogen-bond acceptors (Lipinski definition) is 5. The molecular weight excluding hydrogens is 417 g/mol. The normalized spacial score (nSPS) is 14.3. The molecule has 2 aromatic heterocycles. The lowest BCUT2D eigenvalue weighted by molar-refractivity contribution is 0.0623. The SMILES string of the molecule is Cc1cc(S(=O)(=O)NC[C@@](O)(c2ccsc2)c2ccco2)c(Cl)cc1Cl. The molecule has 3 aromatic rings. The predicted octanol–water partition coefficient (Wildman–Crippen LogP) is 4.17. The fraction of sp³-hybridized carbons (Fsp3) is 0.176. The van der Waals surface area contributed by atoms with Gasteiger partial charge in [0.25, 0.3) is 0 Å². The molecule has 0 spiro atoms. The standard InChI is InChI=1S/C17H15Cl2NO4S2/c1-11-7-15(14(19)8-13(11)18)26(22,23)20-10-17(21,12-4-6-25-9-12)16-3-2-5-24-16/h2-9,20-21H,10H2,1H3/t17-/m1/s1. The van der Waals surface area contributed by atoms with E-state index in [1.807, 2.05) is 0 Å². The number of furan rings is 1. The molecule has 0 saturated carbocycles. The van der Waals surface area contributed by atoms with Gasteiger partial charge in [-0.2, -0.15) is 11.3 Å². The zero-order chi connectivity index (χ0) is 18.9. The molecule has 0 radical (unpaired) electrons. The van der Waals surface area contributed by atoms with E-state index in [2.05, 4.69) is 4.72 Å². The first kappa shape index (κ1) is 19.4. The third-order valence-electron chi connectivity index (χ3n) is 3.95. The number of hydrogen-bond donors (Lipinski definition) is 2. The first-order chi connectivity index (χ1) is 12.2. The molecule has 138 valence electrons. The first-order valence-electron chi connectivity index (χ1n) is 7.48. The van der Waals surface area contributed by atoms with Crippen molar-refractivity contribution < 1.29 is 17.9 Å². The topological polar surface area (TPSA) is 79.5 Å². The third kappa shape index (κ3) is 3.69. The van der Waals surface area contributed by atoms with E-state index in [0.717, 1.165) is 0 Å². The van der Waals surface area contributed by atoms with Crippen LogP contribution >= 0.6 is 34.5 Å². The molecular formula is C17H15Cl2NO4S2. The highest BCUT2D eigenvalue weighted by atomic mass is 35.5. The molecule has 26 heavy (non-hydrogen) atoms. The summed E-state index contributed by atoms with van der Waals surface area (Å²) in [6, 6.07) is 7.70. The van der Waals surface area contributed by atoms with E-state index in [9.17, 15) is 13.5 Å². The summed E-state index contributed by atoms with van der Waals surface area (Å²) in [5.41, 5.74) is -0.543. The summed E-state index contributed by atoms with van der Waals surface area (Å²) in [6.07, 6.45) is 1.42. The number of nitrogens with one attached hydrogen (secondary N) is 1. The number of thiophene rings is 1. The van der Waals surface area contributed by atoms with E-state index < -0.39 is 15.6 Å². The van der Waals surface area contributed by atoms with Crippen LogP contribution in [0.4, 0.5) is 0 Å². The Balaban J connectivity index is 1.94. The molecule has 0 amide bonds. The first-order valence-corrected chi connectivity index (χ1v) is 10.7. The van der Waals surface area contributed by atoms with Crippen molar-refractivity contribution in [2.75, 3.05) is 6.54 Å². The van der Waals surface area contributed by atoms with Gasteiger partial charge in [0.15, 0.2) is 5.60 Å². The van der Waals surface area contributed by atoms with Gasteiger partial charge in [-0.25, -0.2) is 13.1 Å². The van der Waals surface area contributed by atoms with Crippen LogP contribution in [0.3, 0.4) is 0 Å². The number of benzene rings is 1. The van der Waals surface area contributed by atoms with Crippen molar-refractivity contribution in [3.05, 3.63) is 74.3 Å². The zero-order valence-corrected chi connectivity index (χ0v) is 16.7. The highest BCUT2D eigenvalue weighted by Crippen LogP contribution is 2.32. The maximum atomic E-state index is 12.7. The zero-order valence-electron chi connectivity index (χ0n) is 13.6. The number of rotatable bonds is 6. The molecule has 9 heteroatoms. The van der Waals surface area contributed by atoms with Gasteiger partial charge < -0.3 is 9.52 Å². The van der Waals surface area contributed by atoms with Crippen LogP contribution in [0.1, 0.15) is 16.9 Å². The Morgan fingerprint density at radius 1 is 1.27 bits per heavy atom. The largest absolute Gasteiger partial charge is 0.466 e. The molecule has 2 N–H and O–H groups in total. The lowest BCUT2D eigenvalue weighted by Gasteiger charge is -2.25. The summed E-state index contributed by atoms with van der Waals surface area (Å²) in [7, 11) is -3.98. The molecule has 0 aliphatic carbocycles. The second kappa shape index (κ2) is 7.34. The molecule has 2 heterocycles. The van der Waals surface area contributed by atoms with Gasteiger partial charge in [0.2, 0.25) is 10.0 Å². The lowest BCUT2D eigenvalue weighted by Crippen LogP contribution is -2.41. The van der Waals surface area contributed by atoms with Crippen LogP contribution in [-0.2, 0) is 15.6 Å². The van der Waals surface area contributed by atoms with Gasteiger partial charge in [0, 0.05) is 10.6 Å². The maximum absolute atomic E-state index is 12.7. The average Bonchev–Trinajstić information content (AvgIpc) is 3.29. The molecule has 0 bridgehead atoms. The Hall–Kier alpha value is -1.35. The Labute approximate surface area is 165 Å². The maximum Gasteiger partial charge on any atom is 0.242 e. The Morgan fingerprint density at radius 2 is 2.04 bits per heavy atom. The van der Waals surface area contributed by atoms with E-state index >= 15 is 0 Å². The van der Waals surface area contributed by atoms with Gasteiger partial charge >= 0.3 is 0 Å². The summed E-state index contributed by atoms with van der Waals surface area (Å²) in [5, 5.41) is 15.0. The highest BCUT2D eigenvalue weighted by molar-refractivity contribution is 7.89. The fourth-order valence-electron chi connectivity index (χ4n) is 2.46. The summed E-state index contributed by atoms with van der Waals surface area (Å²) in [6.45, 7) is 1.36. The van der Waals surface area contributed by atoms with Gasteiger partial charge in [0.05, 0.1) is 17.8 Å². The minimum Gasteiger partial charge on any atom is -0.466 e. The third-order valence-corrected chi connectivity index (χ3v) is 6.90. The molecule has 3 rings (SSSR count). The van der Waals surface area contributed by atoms with Gasteiger partial charge in [0.1, 0.15) is 10.7 Å². The van der Waals surface area contributed by atoms with Crippen molar-refractivity contribution in [2.24, 2.45) is 0 Å². The van der Waals surface area contributed by atoms with E-state index in [1.165, 1.54) is 29.7 Å². The summed E-state index contributed by atoms with van der Waals surface area (Å²) in [4.78, 5) is -0.104. The number of aryl methyl sites for hydroxylation is 1. The summed E-state index contributed by atoms with van der Waals surface area (Å²) < 4.78 is 33.2. The van der Waals surface area contributed by atoms with Crippen LogP contribution in [0.2, 0.25) is 10.0 Å². The molecule has 0 saturated heterocycles. The summed E-state index contributed by atoms with van der Waals surface area (Å²) >= 11 is 13.4. The van der Waals surface area contributed by atoms with Gasteiger partial charge in [-0.05, 0) is 53.6 Å². The van der Waals surface area contributed by atoms with Crippen molar-refractivity contribution in [3.63, 3.8) is 0 Å². The van der Waals surface area contributed by atoms with Crippen LogP contribution in [0.25, 0.3) is 0 Å². The average molecular weight is 432 g/mol. The molecule has 0 aliphatic rings. The van der Waals surface area contributed by atoms with Gasteiger partial charge in [-0.3, -0.25) is 0 Å². The van der Waals surface area contributed by atoms with E-state index in [0.29, 0.717) is 16.1 Å². The second-order valence-corrected chi connectivity index (χ2v) is 9.04. The predicted molar refractivity (Wildman–Crippen MR) is 102 cm³/mol. The monoisotopic (exact) mass is 431 g/mol. The molecule has 0 unspecified atom stereocenters. The van der Waals surface area contributed by atoms with Crippen LogP contribution in [-0.4, -0.2) is 20.1 Å². The van der Waals surface area contributed by atoms with E-state index in [-0.39, 0.29) is 22.2 Å². The van der Waals surface area contributed by atoms with Crippen molar-refractivity contribution in [1.29, 1.82) is 0 Å². The van der Waals surface area contributed by atoms with Gasteiger partial charge in [-0.1, -0.05) is 23.2 Å². The Morgan fingerprint density at radius 3 is 2.65 bits per heavy atom. The van der Waals surface area contributed by atoms with Crippen molar-refractivity contribution in [2.45, 2.75) is 17.4 Å². The van der Waals surface area contributed by atoms with Crippen LogP contribution in [0.15, 0.2) is 56.7 Å². The highest BCUT2D eigenvalue weighted by Gasteiger charge is 2.36. The fourth-order valence-corrected chi connectivity index (χ4v) is 5.07. The van der Waals surface area contributed by atoms with Crippen LogP contribution in [0, 0.1) is 6.92 Å². The van der Waals surface area contributed by atoms with Crippen LogP contribution in [0.5, 0.6) is 0 Å². The minimum atomic E-state index is -3.98. The van der Waals surface area contributed by atoms with Gasteiger partial charge in [-0.15, -0.1) is 0 Å². The van der Waals surface area contributed by atoms with Crippen molar-refractivity contribution >= 4 is 44.6 Å². The van der Waals surface area contributed by atoms with E-state index in [1.54, 1.807) is 35.9 Å². The Kier molecular flexibility index (Phi) is 5.48. The molecule has 1 atom stereocenters. The second-order valence-electron chi connectivity index (χ2n) is 5.71. The van der Waals surface area contributed by atoms with Crippen molar-refractivity contribution in [3.8, 4) is 0 Å². The summed E-state index contributed by atoms with van der Waals surface area (Å²) in [5.74, 6) is 0.233.